The first-order valence-electron chi connectivity index (χ1n) is 5.98. The number of carboxylic acid groups (broad SMARTS) is 1. The van der Waals surface area contributed by atoms with Crippen molar-refractivity contribution in [1.82, 2.24) is 0 Å². The second kappa shape index (κ2) is 5.40. The molecular weight excluding hydrogens is 230 g/mol. The van der Waals surface area contributed by atoms with E-state index in [2.05, 4.69) is 0 Å². The quantitative estimate of drug-likeness (QED) is 0.842. The van der Waals surface area contributed by atoms with Gasteiger partial charge in [0.15, 0.2) is 0 Å². The van der Waals surface area contributed by atoms with Gasteiger partial charge in [-0.15, -0.1) is 0 Å². The number of benzene rings is 1. The van der Waals surface area contributed by atoms with E-state index < -0.39 is 11.5 Å². The van der Waals surface area contributed by atoms with Crippen molar-refractivity contribution < 1.29 is 14.6 Å². The van der Waals surface area contributed by atoms with Crippen LogP contribution in [-0.4, -0.2) is 22.7 Å². The number of ether oxygens (including phenoxy) is 1. The van der Waals surface area contributed by atoms with Gasteiger partial charge in [0.25, 0.3) is 0 Å². The molecule has 0 aliphatic heterocycles. The van der Waals surface area contributed by atoms with Crippen molar-refractivity contribution in [2.45, 2.75) is 45.8 Å². The predicted molar refractivity (Wildman–Crippen MR) is 70.9 cm³/mol. The van der Waals surface area contributed by atoms with E-state index in [1.54, 1.807) is 0 Å². The summed E-state index contributed by atoms with van der Waals surface area (Å²) in [6, 6.07) is 5.94. The molecule has 2 unspecified atom stereocenters. The molecule has 0 aliphatic rings. The second-order valence-electron chi connectivity index (χ2n) is 5.12. The molecular formula is C14H21NO3. The van der Waals surface area contributed by atoms with Crippen LogP contribution in [-0.2, 0) is 4.79 Å². The summed E-state index contributed by atoms with van der Waals surface area (Å²) in [5.74, 6) is -0.234. The summed E-state index contributed by atoms with van der Waals surface area (Å²) >= 11 is 0. The number of hydrogen-bond donors (Lipinski definition) is 2. The normalized spacial score (nSPS) is 15.8. The molecule has 0 radical (unpaired) electrons. The van der Waals surface area contributed by atoms with E-state index in [0.717, 1.165) is 16.9 Å². The van der Waals surface area contributed by atoms with Gasteiger partial charge in [-0.3, -0.25) is 4.79 Å². The molecule has 1 aromatic carbocycles. The van der Waals surface area contributed by atoms with E-state index in [9.17, 15) is 4.79 Å². The minimum absolute atomic E-state index is 0.253. The number of aryl methyl sites for hydroxylation is 2. The van der Waals surface area contributed by atoms with Crippen LogP contribution in [0, 0.1) is 13.8 Å². The molecule has 0 aliphatic carbocycles. The Morgan fingerprint density at radius 2 is 2.11 bits per heavy atom. The van der Waals surface area contributed by atoms with Crippen molar-refractivity contribution in [3.63, 3.8) is 0 Å². The number of hydrogen-bond acceptors (Lipinski definition) is 3. The van der Waals surface area contributed by atoms with Crippen LogP contribution in [0.5, 0.6) is 5.75 Å². The summed E-state index contributed by atoms with van der Waals surface area (Å²) in [5, 5.41) is 8.97. The van der Waals surface area contributed by atoms with Crippen LogP contribution in [0.1, 0.15) is 31.4 Å². The maximum absolute atomic E-state index is 10.9. The molecule has 3 N–H and O–H groups in total. The van der Waals surface area contributed by atoms with Gasteiger partial charge in [0.2, 0.25) is 0 Å². The van der Waals surface area contributed by atoms with E-state index in [-0.39, 0.29) is 12.5 Å². The fraction of sp³-hybridized carbons (Fsp3) is 0.500. The van der Waals surface area contributed by atoms with Gasteiger partial charge < -0.3 is 15.6 Å². The van der Waals surface area contributed by atoms with Crippen LogP contribution in [0.4, 0.5) is 0 Å². The van der Waals surface area contributed by atoms with E-state index in [4.69, 9.17) is 15.6 Å². The van der Waals surface area contributed by atoms with E-state index >= 15 is 0 Å². The molecule has 18 heavy (non-hydrogen) atoms. The molecule has 1 aromatic rings. The molecule has 0 saturated heterocycles. The van der Waals surface area contributed by atoms with Crippen molar-refractivity contribution in [2.75, 3.05) is 0 Å². The van der Waals surface area contributed by atoms with Crippen molar-refractivity contribution in [3.8, 4) is 5.75 Å². The molecule has 0 heterocycles. The number of nitrogens with two attached hydrogens (primary N) is 1. The highest BCUT2D eigenvalue weighted by Crippen LogP contribution is 2.22. The van der Waals surface area contributed by atoms with Crippen LogP contribution in [0.15, 0.2) is 18.2 Å². The highest BCUT2D eigenvalue weighted by atomic mass is 16.5. The Bertz CT molecular complexity index is 441. The van der Waals surface area contributed by atoms with Crippen LogP contribution < -0.4 is 10.5 Å². The van der Waals surface area contributed by atoms with E-state index in [0.29, 0.717) is 0 Å². The third kappa shape index (κ3) is 3.74. The maximum atomic E-state index is 10.9. The van der Waals surface area contributed by atoms with Gasteiger partial charge >= 0.3 is 5.97 Å². The Morgan fingerprint density at radius 3 is 2.67 bits per heavy atom. The summed E-state index contributed by atoms with van der Waals surface area (Å²) in [4.78, 5) is 10.9. The van der Waals surface area contributed by atoms with Crippen LogP contribution in [0.2, 0.25) is 0 Å². The van der Waals surface area contributed by atoms with Gasteiger partial charge in [0, 0.05) is 6.42 Å². The first-order valence-corrected chi connectivity index (χ1v) is 5.98. The lowest BCUT2D eigenvalue weighted by atomic mass is 9.96. The molecule has 0 saturated carbocycles. The minimum Gasteiger partial charge on any atom is -0.490 e. The lowest BCUT2D eigenvalue weighted by Crippen LogP contribution is -2.47. The van der Waals surface area contributed by atoms with Gasteiger partial charge in [-0.2, -0.15) is 0 Å². The lowest BCUT2D eigenvalue weighted by molar-refractivity contribution is -0.143. The molecule has 0 amide bonds. The van der Waals surface area contributed by atoms with Gasteiger partial charge in [-0.25, -0.2) is 0 Å². The first kappa shape index (κ1) is 14.5. The molecule has 100 valence electrons. The average molecular weight is 251 g/mol. The zero-order chi connectivity index (χ0) is 13.9. The summed E-state index contributed by atoms with van der Waals surface area (Å²) < 4.78 is 5.77. The standard InChI is InChI=1S/C14H21NO3/c1-9-5-6-10(2)12(7-9)18-11(3)8-14(4,15)13(16)17/h5-7,11H,8,15H2,1-4H3,(H,16,17). The summed E-state index contributed by atoms with van der Waals surface area (Å²) in [5.41, 5.74) is 6.57. The van der Waals surface area contributed by atoms with Crippen molar-refractivity contribution in [3.05, 3.63) is 29.3 Å². The van der Waals surface area contributed by atoms with Crippen molar-refractivity contribution in [1.29, 1.82) is 0 Å². The smallest absolute Gasteiger partial charge is 0.323 e. The Balaban J connectivity index is 2.73. The summed E-state index contributed by atoms with van der Waals surface area (Å²) in [6.45, 7) is 7.27. The highest BCUT2D eigenvalue weighted by Gasteiger charge is 2.30. The molecule has 0 bridgehead atoms. The van der Waals surface area contributed by atoms with Crippen molar-refractivity contribution in [2.24, 2.45) is 5.73 Å². The Hall–Kier alpha value is -1.55. The van der Waals surface area contributed by atoms with E-state index in [1.807, 2.05) is 39.0 Å². The second-order valence-corrected chi connectivity index (χ2v) is 5.12. The van der Waals surface area contributed by atoms with E-state index in [1.165, 1.54) is 6.92 Å². The minimum atomic E-state index is -1.27. The lowest BCUT2D eigenvalue weighted by Gasteiger charge is -2.24. The van der Waals surface area contributed by atoms with Gasteiger partial charge in [-0.05, 0) is 44.9 Å². The third-order valence-electron chi connectivity index (χ3n) is 2.87. The SMILES string of the molecule is Cc1ccc(C)c(OC(C)CC(C)(N)C(=O)O)c1. The number of rotatable bonds is 5. The molecule has 4 heteroatoms. The zero-order valence-electron chi connectivity index (χ0n) is 11.4. The summed E-state index contributed by atoms with van der Waals surface area (Å²) in [7, 11) is 0. The topological polar surface area (TPSA) is 72.5 Å². The van der Waals surface area contributed by atoms with Gasteiger partial charge in [0.1, 0.15) is 11.3 Å². The van der Waals surface area contributed by atoms with Gasteiger partial charge in [0.05, 0.1) is 6.10 Å². The van der Waals surface area contributed by atoms with Gasteiger partial charge in [-0.1, -0.05) is 12.1 Å². The molecule has 0 fully saturated rings. The largest absolute Gasteiger partial charge is 0.490 e. The molecule has 1 rings (SSSR count). The number of carboxylic acids is 1. The van der Waals surface area contributed by atoms with Crippen LogP contribution in [0.3, 0.4) is 0 Å². The highest BCUT2D eigenvalue weighted by molar-refractivity contribution is 5.77. The zero-order valence-corrected chi connectivity index (χ0v) is 11.4. The summed E-state index contributed by atoms with van der Waals surface area (Å²) in [6.07, 6.45) is 0.00649. The van der Waals surface area contributed by atoms with Crippen molar-refractivity contribution >= 4 is 5.97 Å². The number of carbonyl (C=O) groups is 1. The first-order chi connectivity index (χ1) is 8.22. The Labute approximate surface area is 108 Å². The number of aliphatic carboxylic acids is 1. The maximum Gasteiger partial charge on any atom is 0.323 e. The Kier molecular flexibility index (Phi) is 4.35. The van der Waals surface area contributed by atoms with Crippen LogP contribution in [0.25, 0.3) is 0 Å². The third-order valence-corrected chi connectivity index (χ3v) is 2.87. The predicted octanol–water partition coefficient (Wildman–Crippen LogP) is 2.26. The monoisotopic (exact) mass is 251 g/mol. The molecule has 0 aromatic heterocycles. The van der Waals surface area contributed by atoms with Crippen LogP contribution >= 0.6 is 0 Å². The fourth-order valence-corrected chi connectivity index (χ4v) is 1.78. The molecule has 0 spiro atoms. The molecule has 2 atom stereocenters. The average Bonchev–Trinajstić information content (AvgIpc) is 2.22. The fourth-order valence-electron chi connectivity index (χ4n) is 1.78. The Morgan fingerprint density at radius 1 is 1.50 bits per heavy atom. The molecule has 4 nitrogen and oxygen atoms in total.